The predicted molar refractivity (Wildman–Crippen MR) is 201 cm³/mol. The zero-order valence-corrected chi connectivity index (χ0v) is 31.2. The van der Waals surface area contributed by atoms with Crippen LogP contribution >= 0.6 is 0 Å². The number of carbonyl (C=O) groups excluding carboxylic acids is 3. The third-order valence-corrected chi connectivity index (χ3v) is 9.34. The fraction of sp³-hybridized carbons (Fsp3) is 0.308. The van der Waals surface area contributed by atoms with Crippen LogP contribution in [-0.2, 0) is 20.6 Å². The van der Waals surface area contributed by atoms with Gasteiger partial charge in [-0.15, -0.1) is 0 Å². The van der Waals surface area contributed by atoms with E-state index in [4.69, 9.17) is 0 Å². The standard InChI is InChI=1S/C39H43F3N8O5/c1-8-10-23(3)36(53)25(5)37(54)47-17-15-46(16-18-47)35-32(9-2)48(22-34(52)43-31-12-11-29(21-33(31)51)39(40,41)42)27(7)50(38(35)55)45-26(6)28-13-14-49-30(20-28)19-24(4)44-49/h8,10-14,19-21,51,53H,1,7,9,15-18,22H2,2-6H3,(H,43,52)/b23-10-,36-25-,45-26+. The van der Waals surface area contributed by atoms with Crippen molar-refractivity contribution in [2.45, 2.75) is 47.2 Å². The van der Waals surface area contributed by atoms with Gasteiger partial charge in [0, 0.05) is 43.6 Å². The Hall–Kier alpha value is -6.32. The van der Waals surface area contributed by atoms with Crippen LogP contribution in [0.1, 0.15) is 50.9 Å². The highest BCUT2D eigenvalue weighted by Gasteiger charge is 2.40. The average Bonchev–Trinajstić information content (AvgIpc) is 3.53. The molecular formula is C39H43F3N8O5. The lowest BCUT2D eigenvalue weighted by atomic mass is 10.1. The summed E-state index contributed by atoms with van der Waals surface area (Å²) >= 11 is 0. The molecule has 0 radical (unpaired) electrons. The molecule has 3 amide bonds. The Morgan fingerprint density at radius 1 is 1.07 bits per heavy atom. The van der Waals surface area contributed by atoms with Gasteiger partial charge in [0.15, 0.2) is 0 Å². The van der Waals surface area contributed by atoms with Gasteiger partial charge in [0.1, 0.15) is 29.6 Å². The van der Waals surface area contributed by atoms with Gasteiger partial charge < -0.3 is 30.2 Å². The molecule has 1 saturated heterocycles. The van der Waals surface area contributed by atoms with E-state index in [1.165, 1.54) is 17.9 Å². The molecule has 0 atom stereocenters. The number of benzene rings is 1. The number of nitrogens with zero attached hydrogens (tertiary/aromatic N) is 7. The molecule has 0 unspecified atom stereocenters. The Bertz CT molecular complexity index is 2190. The molecule has 3 N–H and O–H groups in total. The fourth-order valence-corrected chi connectivity index (χ4v) is 6.43. The summed E-state index contributed by atoms with van der Waals surface area (Å²) in [5, 5.41) is 33.6. The number of carbonyl (C=O) groups is 3. The molecule has 0 spiro atoms. The van der Waals surface area contributed by atoms with Gasteiger partial charge in [-0.2, -0.15) is 28.4 Å². The molecule has 0 bridgehead atoms. The third kappa shape index (κ3) is 8.42. The molecule has 2 aliphatic heterocycles. The zero-order chi connectivity index (χ0) is 40.4. The van der Waals surface area contributed by atoms with Crippen molar-refractivity contribution in [2.75, 3.05) is 38.0 Å². The van der Waals surface area contributed by atoms with Gasteiger partial charge >= 0.3 is 6.18 Å². The molecule has 16 heteroatoms. The number of allylic oxidation sites excluding steroid dienone is 4. The quantitative estimate of drug-likeness (QED) is 0.0742. The smallest absolute Gasteiger partial charge is 0.416 e. The Labute approximate surface area is 316 Å². The molecule has 4 heterocycles. The number of aromatic nitrogens is 2. The number of aliphatic hydroxyl groups excluding tert-OH is 1. The number of fused-ring (bicyclic) bond motifs is 1. The van der Waals surface area contributed by atoms with Gasteiger partial charge in [-0.05, 0) is 76.1 Å². The zero-order valence-electron chi connectivity index (χ0n) is 31.2. The second-order valence-electron chi connectivity index (χ2n) is 13.1. The van der Waals surface area contributed by atoms with Crippen molar-refractivity contribution in [1.82, 2.24) is 29.3 Å². The van der Waals surface area contributed by atoms with Crippen molar-refractivity contribution in [3.05, 3.63) is 119 Å². The number of nitrogens with one attached hydrogen (secondary N) is 1. The number of aromatic hydroxyl groups is 1. The van der Waals surface area contributed by atoms with Crippen molar-refractivity contribution in [1.29, 1.82) is 0 Å². The molecule has 290 valence electrons. The van der Waals surface area contributed by atoms with Crippen molar-refractivity contribution in [2.24, 2.45) is 5.10 Å². The van der Waals surface area contributed by atoms with Crippen LogP contribution in [0.4, 0.5) is 18.9 Å². The lowest BCUT2D eigenvalue weighted by Gasteiger charge is -2.44. The average molecular weight is 761 g/mol. The molecule has 1 aromatic carbocycles. The van der Waals surface area contributed by atoms with E-state index >= 15 is 0 Å². The van der Waals surface area contributed by atoms with E-state index in [1.54, 1.807) is 48.5 Å². The SMILES string of the molecule is C=C/C=C(C)\C(O)=C(/C)C(=O)N1CCN(C2=C(CC)N(CC(=O)Nc3ccc(C(F)(F)F)cc3O)C(=C)N(/N=C(\C)c3ccn4nc(C)cc4c3)C2=O)CC1. The minimum Gasteiger partial charge on any atom is -0.507 e. The summed E-state index contributed by atoms with van der Waals surface area (Å²) < 4.78 is 41.3. The van der Waals surface area contributed by atoms with Gasteiger partial charge in [0.05, 0.1) is 33.7 Å². The number of phenolic OH excluding ortho intramolecular Hbond substituents is 1. The minimum atomic E-state index is -4.70. The van der Waals surface area contributed by atoms with Gasteiger partial charge in [0.25, 0.3) is 11.8 Å². The normalized spacial score (nSPS) is 16.6. The molecule has 0 saturated carbocycles. The third-order valence-electron chi connectivity index (χ3n) is 9.34. The van der Waals surface area contributed by atoms with Crippen molar-refractivity contribution < 1.29 is 37.8 Å². The fourth-order valence-electron chi connectivity index (χ4n) is 6.43. The number of amides is 3. The van der Waals surface area contributed by atoms with Gasteiger partial charge in [-0.3, -0.25) is 14.4 Å². The number of hydrazone groups is 1. The first-order valence-corrected chi connectivity index (χ1v) is 17.4. The number of alkyl halides is 3. The molecule has 55 heavy (non-hydrogen) atoms. The molecule has 5 rings (SSSR count). The highest BCUT2D eigenvalue weighted by molar-refractivity contribution is 6.02. The number of hydrogen-bond acceptors (Lipinski definition) is 9. The van der Waals surface area contributed by atoms with Crippen molar-refractivity contribution in [3.63, 3.8) is 0 Å². The highest BCUT2D eigenvalue weighted by atomic mass is 19.4. The molecule has 3 aromatic rings. The van der Waals surface area contributed by atoms with Crippen LogP contribution in [0, 0.1) is 6.92 Å². The Balaban J connectivity index is 1.48. The Kier molecular flexibility index (Phi) is 11.6. The molecule has 13 nitrogen and oxygen atoms in total. The van der Waals surface area contributed by atoms with Crippen LogP contribution in [0.25, 0.3) is 5.52 Å². The number of phenols is 1. The Morgan fingerprint density at radius 2 is 1.76 bits per heavy atom. The van der Waals surface area contributed by atoms with Crippen molar-refractivity contribution >= 4 is 34.6 Å². The second kappa shape index (κ2) is 16.0. The number of rotatable bonds is 10. The van der Waals surface area contributed by atoms with Crippen LogP contribution in [0.2, 0.25) is 0 Å². The van der Waals surface area contributed by atoms with E-state index in [1.807, 2.05) is 24.0 Å². The summed E-state index contributed by atoms with van der Waals surface area (Å²) in [6, 6.07) is 7.78. The highest BCUT2D eigenvalue weighted by Crippen LogP contribution is 2.36. The maximum absolute atomic E-state index is 14.5. The molecule has 2 aromatic heterocycles. The summed E-state index contributed by atoms with van der Waals surface area (Å²) in [6.45, 7) is 16.8. The number of halogens is 3. The molecule has 0 aliphatic carbocycles. The van der Waals surface area contributed by atoms with Crippen LogP contribution in [0.15, 0.2) is 107 Å². The second-order valence-corrected chi connectivity index (χ2v) is 13.1. The summed E-state index contributed by atoms with van der Waals surface area (Å²) in [5.74, 6) is -2.46. The van der Waals surface area contributed by atoms with Crippen LogP contribution in [0.3, 0.4) is 0 Å². The molecular weight excluding hydrogens is 717 g/mol. The van der Waals surface area contributed by atoms with Gasteiger partial charge in [-0.25, -0.2) is 4.52 Å². The lowest BCUT2D eigenvalue weighted by molar-refractivity contribution is -0.137. The van der Waals surface area contributed by atoms with Gasteiger partial charge in [0.2, 0.25) is 5.91 Å². The molecule has 1 fully saturated rings. The number of pyridine rings is 1. The summed E-state index contributed by atoms with van der Waals surface area (Å²) in [5.41, 5.74) is 2.76. The van der Waals surface area contributed by atoms with E-state index in [0.717, 1.165) is 28.4 Å². The van der Waals surface area contributed by atoms with Crippen LogP contribution in [-0.4, -0.2) is 95.7 Å². The number of aliphatic hydroxyl groups is 1. The first-order valence-electron chi connectivity index (χ1n) is 17.4. The van der Waals surface area contributed by atoms with Gasteiger partial charge in [-0.1, -0.05) is 32.2 Å². The van der Waals surface area contributed by atoms with E-state index in [-0.39, 0.29) is 67.0 Å². The summed E-state index contributed by atoms with van der Waals surface area (Å²) in [7, 11) is 0. The topological polar surface area (TPSA) is 146 Å². The first kappa shape index (κ1) is 39.9. The minimum absolute atomic E-state index is 0.0472. The van der Waals surface area contributed by atoms with Crippen LogP contribution in [0.5, 0.6) is 5.75 Å². The number of aryl methyl sites for hydroxylation is 1. The first-order chi connectivity index (χ1) is 25.9. The Morgan fingerprint density at radius 3 is 2.38 bits per heavy atom. The number of hydrogen-bond donors (Lipinski definition) is 3. The van der Waals surface area contributed by atoms with Crippen molar-refractivity contribution in [3.8, 4) is 5.75 Å². The predicted octanol–water partition coefficient (Wildman–Crippen LogP) is 6.08. The largest absolute Gasteiger partial charge is 0.507 e. The maximum atomic E-state index is 14.5. The molecule has 2 aliphatic rings. The summed E-state index contributed by atoms with van der Waals surface area (Å²) in [6.07, 6.45) is 0.439. The van der Waals surface area contributed by atoms with E-state index < -0.39 is 35.8 Å². The van der Waals surface area contributed by atoms with Crippen LogP contribution < -0.4 is 5.32 Å². The van der Waals surface area contributed by atoms with E-state index in [0.29, 0.717) is 28.6 Å². The number of piperazine rings is 1. The monoisotopic (exact) mass is 760 g/mol. The van der Waals surface area contributed by atoms with E-state index in [2.05, 4.69) is 28.7 Å². The lowest BCUT2D eigenvalue weighted by Crippen LogP contribution is -2.54. The number of anilines is 1. The van der Waals surface area contributed by atoms with E-state index in [9.17, 15) is 37.8 Å². The summed E-state index contributed by atoms with van der Waals surface area (Å²) in [4.78, 5) is 46.2. The maximum Gasteiger partial charge on any atom is 0.416 e.